The van der Waals surface area contributed by atoms with E-state index in [0.717, 1.165) is 48.6 Å². The molecule has 2 atom stereocenters. The summed E-state index contributed by atoms with van der Waals surface area (Å²) < 4.78 is 5.43. The molecule has 2 fully saturated rings. The first-order valence-corrected chi connectivity index (χ1v) is 12.2. The van der Waals surface area contributed by atoms with Gasteiger partial charge in [0.15, 0.2) is 0 Å². The van der Waals surface area contributed by atoms with Gasteiger partial charge in [-0.2, -0.15) is 5.26 Å². The molecule has 4 rings (SSSR count). The van der Waals surface area contributed by atoms with Gasteiger partial charge in [-0.25, -0.2) is 9.97 Å². The van der Waals surface area contributed by atoms with Crippen molar-refractivity contribution in [1.29, 1.82) is 5.26 Å². The van der Waals surface area contributed by atoms with Crippen LogP contribution < -0.4 is 16.0 Å². The lowest BCUT2D eigenvalue weighted by Crippen LogP contribution is -2.34. The predicted octanol–water partition coefficient (Wildman–Crippen LogP) is 4.86. The Morgan fingerprint density at radius 1 is 1.21 bits per heavy atom. The predicted molar refractivity (Wildman–Crippen MR) is 132 cm³/mol. The van der Waals surface area contributed by atoms with E-state index in [9.17, 15) is 5.26 Å². The SMILES string of the molecule is CC(C)N[C@@H]1CC[C@@H](Nc2cc(-c3cccc(NCC4(C#N)CCOCC4)n3)c(Cl)cn2)C1. The summed E-state index contributed by atoms with van der Waals surface area (Å²) in [7, 11) is 0. The molecule has 1 aliphatic heterocycles. The minimum Gasteiger partial charge on any atom is -0.381 e. The van der Waals surface area contributed by atoms with Crippen LogP contribution in [0.5, 0.6) is 0 Å². The van der Waals surface area contributed by atoms with Crippen LogP contribution in [0.25, 0.3) is 11.3 Å². The van der Waals surface area contributed by atoms with E-state index in [1.54, 1.807) is 6.20 Å². The minimum absolute atomic E-state index is 0.394. The van der Waals surface area contributed by atoms with Gasteiger partial charge in [-0.15, -0.1) is 0 Å². The Bertz CT molecular complexity index is 985. The second kappa shape index (κ2) is 10.7. The molecular weight excluding hydrogens is 436 g/mol. The average Bonchev–Trinajstić information content (AvgIpc) is 3.25. The van der Waals surface area contributed by atoms with Crippen molar-refractivity contribution >= 4 is 23.2 Å². The summed E-state index contributed by atoms with van der Waals surface area (Å²) in [6.45, 7) is 6.18. The van der Waals surface area contributed by atoms with Gasteiger partial charge in [-0.1, -0.05) is 31.5 Å². The van der Waals surface area contributed by atoms with Crippen molar-refractivity contribution in [2.75, 3.05) is 30.4 Å². The fourth-order valence-electron chi connectivity index (χ4n) is 4.69. The lowest BCUT2D eigenvalue weighted by molar-refractivity contribution is 0.0455. The van der Waals surface area contributed by atoms with Crippen LogP contribution in [-0.4, -0.2) is 47.9 Å². The Kier molecular flexibility index (Phi) is 7.69. The second-order valence-electron chi connectivity index (χ2n) is 9.49. The van der Waals surface area contributed by atoms with Crippen molar-refractivity contribution in [2.45, 2.75) is 64.1 Å². The molecule has 0 unspecified atom stereocenters. The zero-order valence-electron chi connectivity index (χ0n) is 19.4. The Morgan fingerprint density at radius 2 is 2.00 bits per heavy atom. The highest BCUT2D eigenvalue weighted by Crippen LogP contribution is 2.32. The van der Waals surface area contributed by atoms with Gasteiger partial charge in [-0.3, -0.25) is 0 Å². The van der Waals surface area contributed by atoms with E-state index in [1.165, 1.54) is 6.42 Å². The van der Waals surface area contributed by atoms with Gasteiger partial charge >= 0.3 is 0 Å². The van der Waals surface area contributed by atoms with Gasteiger partial charge < -0.3 is 20.7 Å². The number of hydrogen-bond acceptors (Lipinski definition) is 7. The molecule has 3 N–H and O–H groups in total. The van der Waals surface area contributed by atoms with Gasteiger partial charge in [0.25, 0.3) is 0 Å². The lowest BCUT2D eigenvalue weighted by atomic mass is 9.82. The van der Waals surface area contributed by atoms with Crippen molar-refractivity contribution < 1.29 is 4.74 Å². The van der Waals surface area contributed by atoms with Crippen molar-refractivity contribution in [1.82, 2.24) is 15.3 Å². The summed E-state index contributed by atoms with van der Waals surface area (Å²) in [5.41, 5.74) is 1.21. The summed E-state index contributed by atoms with van der Waals surface area (Å²) in [5, 5.41) is 20.8. The van der Waals surface area contributed by atoms with Crippen LogP contribution in [0.2, 0.25) is 5.02 Å². The third-order valence-corrected chi connectivity index (χ3v) is 6.83. The number of aromatic nitrogens is 2. The molecule has 0 amide bonds. The number of nitriles is 1. The maximum absolute atomic E-state index is 9.69. The monoisotopic (exact) mass is 468 g/mol. The molecule has 1 aliphatic carbocycles. The molecule has 0 spiro atoms. The average molecular weight is 469 g/mol. The molecule has 7 nitrogen and oxygen atoms in total. The van der Waals surface area contributed by atoms with Crippen molar-refractivity contribution in [3.8, 4) is 17.3 Å². The van der Waals surface area contributed by atoms with Crippen LogP contribution in [0.3, 0.4) is 0 Å². The maximum Gasteiger partial charge on any atom is 0.126 e. The molecule has 0 radical (unpaired) electrons. The van der Waals surface area contributed by atoms with E-state index in [-0.39, 0.29) is 0 Å². The van der Waals surface area contributed by atoms with Crippen LogP contribution in [-0.2, 0) is 4.74 Å². The molecule has 33 heavy (non-hydrogen) atoms. The standard InChI is InChI=1S/C25H33ClN6O/c1-17(2)30-18-6-7-19(12-18)31-24-13-20(21(26)14-28-24)22-4-3-5-23(32-22)29-16-25(15-27)8-10-33-11-9-25/h3-5,13-14,17-19,30H,6-12,16H2,1-2H3,(H,28,31)(H,29,32)/t18-,19-/m1/s1. The summed E-state index contributed by atoms with van der Waals surface area (Å²) in [4.78, 5) is 9.27. The zero-order valence-corrected chi connectivity index (χ0v) is 20.2. The second-order valence-corrected chi connectivity index (χ2v) is 9.90. The van der Waals surface area contributed by atoms with Crippen LogP contribution >= 0.6 is 11.6 Å². The fraction of sp³-hybridized carbons (Fsp3) is 0.560. The highest BCUT2D eigenvalue weighted by Gasteiger charge is 2.32. The smallest absolute Gasteiger partial charge is 0.126 e. The number of rotatable bonds is 8. The molecule has 2 aliphatic rings. The molecule has 1 saturated carbocycles. The number of halogens is 1. The minimum atomic E-state index is -0.412. The first-order valence-electron chi connectivity index (χ1n) is 11.8. The first kappa shape index (κ1) is 23.7. The van der Waals surface area contributed by atoms with Gasteiger partial charge in [0.05, 0.1) is 22.2 Å². The Balaban J connectivity index is 1.44. The molecule has 2 aromatic rings. The molecule has 0 aromatic carbocycles. The molecule has 2 aromatic heterocycles. The van der Waals surface area contributed by atoms with Crippen LogP contribution in [0.4, 0.5) is 11.6 Å². The van der Waals surface area contributed by atoms with Crippen molar-refractivity contribution in [3.63, 3.8) is 0 Å². The zero-order chi connectivity index (χ0) is 23.3. The summed E-state index contributed by atoms with van der Waals surface area (Å²) in [6.07, 6.45) is 6.52. The van der Waals surface area contributed by atoms with E-state index >= 15 is 0 Å². The number of anilines is 2. The van der Waals surface area contributed by atoms with E-state index < -0.39 is 5.41 Å². The summed E-state index contributed by atoms with van der Waals surface area (Å²) in [5.74, 6) is 1.55. The third-order valence-electron chi connectivity index (χ3n) is 6.53. The highest BCUT2D eigenvalue weighted by molar-refractivity contribution is 6.33. The third kappa shape index (κ3) is 6.14. The molecule has 1 saturated heterocycles. The number of ether oxygens (including phenoxy) is 1. The normalized spacial score (nSPS) is 22.2. The van der Waals surface area contributed by atoms with Crippen molar-refractivity contribution in [2.24, 2.45) is 5.41 Å². The molecular formula is C25H33ClN6O. The summed E-state index contributed by atoms with van der Waals surface area (Å²) in [6, 6.07) is 11.7. The van der Waals surface area contributed by atoms with Crippen molar-refractivity contribution in [3.05, 3.63) is 35.5 Å². The molecule has 0 bridgehead atoms. The van der Waals surface area contributed by atoms with Crippen LogP contribution in [0, 0.1) is 16.7 Å². The Morgan fingerprint density at radius 3 is 2.76 bits per heavy atom. The number of hydrogen-bond donors (Lipinski definition) is 3. The van der Waals surface area contributed by atoms with Gasteiger partial charge in [0.2, 0.25) is 0 Å². The van der Waals surface area contributed by atoms with Gasteiger partial charge in [0, 0.05) is 49.6 Å². The summed E-state index contributed by atoms with van der Waals surface area (Å²) >= 11 is 6.51. The molecule has 8 heteroatoms. The van der Waals surface area contributed by atoms with Gasteiger partial charge in [-0.05, 0) is 50.3 Å². The number of nitrogens with one attached hydrogen (secondary N) is 3. The first-order chi connectivity index (χ1) is 16.0. The van der Waals surface area contributed by atoms with Crippen LogP contribution in [0.15, 0.2) is 30.5 Å². The quantitative estimate of drug-likeness (QED) is 0.509. The van der Waals surface area contributed by atoms with E-state index in [2.05, 4.69) is 40.9 Å². The largest absolute Gasteiger partial charge is 0.381 e. The Hall–Kier alpha value is -2.40. The van der Waals surface area contributed by atoms with E-state index in [0.29, 0.717) is 42.9 Å². The van der Waals surface area contributed by atoms with Gasteiger partial charge in [0.1, 0.15) is 11.6 Å². The van der Waals surface area contributed by atoms with E-state index in [4.69, 9.17) is 21.3 Å². The molecule has 176 valence electrons. The highest BCUT2D eigenvalue weighted by atomic mass is 35.5. The molecule has 3 heterocycles. The number of nitrogens with zero attached hydrogens (tertiary/aromatic N) is 3. The maximum atomic E-state index is 9.69. The Labute approximate surface area is 201 Å². The lowest BCUT2D eigenvalue weighted by Gasteiger charge is -2.30. The topological polar surface area (TPSA) is 94.9 Å². The van der Waals surface area contributed by atoms with E-state index in [1.807, 2.05) is 24.3 Å². The number of pyridine rings is 2. The van der Waals surface area contributed by atoms with Crippen LogP contribution in [0.1, 0.15) is 46.0 Å². The fourth-order valence-corrected chi connectivity index (χ4v) is 4.89.